The van der Waals surface area contributed by atoms with Crippen LogP contribution in [0.4, 0.5) is 0 Å². The molecule has 1 heterocycles. The van der Waals surface area contributed by atoms with Gasteiger partial charge in [0, 0.05) is 25.7 Å². The van der Waals surface area contributed by atoms with Crippen molar-refractivity contribution in [3.05, 3.63) is 35.4 Å². The van der Waals surface area contributed by atoms with E-state index in [-0.39, 0.29) is 6.04 Å². The molecule has 0 N–H and O–H groups in total. The molecule has 5 heteroatoms. The highest BCUT2D eigenvalue weighted by atomic mass is 32.2. The van der Waals surface area contributed by atoms with Crippen LogP contribution < -0.4 is 0 Å². The second-order valence-corrected chi connectivity index (χ2v) is 8.00. The summed E-state index contributed by atoms with van der Waals surface area (Å²) in [5, 5.41) is 0. The van der Waals surface area contributed by atoms with Crippen molar-refractivity contribution >= 4 is 10.0 Å². The maximum atomic E-state index is 11.8. The lowest BCUT2D eigenvalue weighted by Gasteiger charge is -2.39. The molecule has 110 valence electrons. The van der Waals surface area contributed by atoms with E-state index in [0.717, 1.165) is 6.54 Å². The highest BCUT2D eigenvalue weighted by Gasteiger charge is 2.34. The Kier molecular flexibility index (Phi) is 3.60. The van der Waals surface area contributed by atoms with E-state index in [1.54, 1.807) is 4.31 Å². The fraction of sp³-hybridized carbons (Fsp3) is 0.600. The smallest absolute Gasteiger partial charge is 0.211 e. The van der Waals surface area contributed by atoms with Gasteiger partial charge in [-0.25, -0.2) is 8.42 Å². The molecule has 1 aliphatic carbocycles. The van der Waals surface area contributed by atoms with E-state index in [9.17, 15) is 8.42 Å². The summed E-state index contributed by atoms with van der Waals surface area (Å²) >= 11 is 0. The molecule has 0 aromatic heterocycles. The summed E-state index contributed by atoms with van der Waals surface area (Å²) in [6.45, 7) is 1.95. The van der Waals surface area contributed by atoms with Gasteiger partial charge >= 0.3 is 0 Å². The number of likely N-dealkylation sites (N-methyl/N-ethyl adjacent to an activating group) is 1. The molecule has 1 atom stereocenters. The van der Waals surface area contributed by atoms with Crippen LogP contribution in [0.3, 0.4) is 0 Å². The average Bonchev–Trinajstić information content (AvgIpc) is 3.22. The Morgan fingerprint density at radius 3 is 2.35 bits per heavy atom. The molecule has 1 saturated carbocycles. The average molecular weight is 294 g/mol. The second kappa shape index (κ2) is 5.13. The van der Waals surface area contributed by atoms with Gasteiger partial charge in [0.25, 0.3) is 0 Å². The van der Waals surface area contributed by atoms with Crippen LogP contribution in [0.5, 0.6) is 0 Å². The van der Waals surface area contributed by atoms with Crippen LogP contribution in [0.25, 0.3) is 0 Å². The van der Waals surface area contributed by atoms with Crippen LogP contribution in [0.1, 0.15) is 35.9 Å². The van der Waals surface area contributed by atoms with E-state index in [4.69, 9.17) is 0 Å². The van der Waals surface area contributed by atoms with E-state index in [1.807, 2.05) is 0 Å². The maximum absolute atomic E-state index is 11.8. The number of rotatable bonds is 3. The minimum atomic E-state index is -3.10. The summed E-state index contributed by atoms with van der Waals surface area (Å²) < 4.78 is 25.2. The van der Waals surface area contributed by atoms with Gasteiger partial charge in [0.2, 0.25) is 10.0 Å². The van der Waals surface area contributed by atoms with Gasteiger partial charge in [-0.05, 0) is 36.9 Å². The molecule has 1 aromatic rings. The summed E-state index contributed by atoms with van der Waals surface area (Å²) in [5.74, 6) is 0.688. The van der Waals surface area contributed by atoms with Crippen molar-refractivity contribution < 1.29 is 8.42 Å². The van der Waals surface area contributed by atoms with E-state index in [0.29, 0.717) is 19.0 Å². The fourth-order valence-electron chi connectivity index (χ4n) is 3.07. The molecule has 2 fully saturated rings. The Morgan fingerprint density at radius 1 is 1.10 bits per heavy atom. The summed E-state index contributed by atoms with van der Waals surface area (Å²) in [6, 6.07) is 8.71. The van der Waals surface area contributed by atoms with Gasteiger partial charge in [-0.1, -0.05) is 24.3 Å². The van der Waals surface area contributed by atoms with Gasteiger partial charge < -0.3 is 0 Å². The third kappa shape index (κ3) is 2.75. The van der Waals surface area contributed by atoms with E-state index in [2.05, 4.69) is 36.2 Å². The maximum Gasteiger partial charge on any atom is 0.211 e. The van der Waals surface area contributed by atoms with Crippen LogP contribution in [-0.4, -0.2) is 50.6 Å². The molecule has 4 nitrogen and oxygen atoms in total. The van der Waals surface area contributed by atoms with Crippen molar-refractivity contribution in [3.8, 4) is 0 Å². The summed E-state index contributed by atoms with van der Waals surface area (Å²) in [6.07, 6.45) is 3.84. The number of piperazine rings is 1. The molecular formula is C15H22N2O2S. The standard InChI is InChI=1S/C15H22N2O2S/c1-16-9-10-17(20(2,18)19)11-15(16)14-6-4-3-5-13(14)12-7-8-12/h3-6,12,15H,7-11H2,1-2H3. The third-order valence-corrected chi connectivity index (χ3v) is 5.72. The molecule has 0 radical (unpaired) electrons. The molecule has 3 rings (SSSR count). The molecule has 0 amide bonds. The van der Waals surface area contributed by atoms with Gasteiger partial charge in [-0.3, -0.25) is 4.90 Å². The first kappa shape index (κ1) is 14.0. The first-order valence-electron chi connectivity index (χ1n) is 7.21. The van der Waals surface area contributed by atoms with Crippen LogP contribution in [0, 0.1) is 0 Å². The summed E-state index contributed by atoms with van der Waals surface area (Å²) in [5.41, 5.74) is 2.73. The van der Waals surface area contributed by atoms with Gasteiger partial charge in [-0.2, -0.15) is 4.31 Å². The van der Waals surface area contributed by atoms with Crippen molar-refractivity contribution in [2.75, 3.05) is 32.9 Å². The lowest BCUT2D eigenvalue weighted by Crippen LogP contribution is -2.48. The normalized spacial score (nSPS) is 25.8. The van der Waals surface area contributed by atoms with E-state index < -0.39 is 10.0 Å². The Hall–Kier alpha value is -0.910. The quantitative estimate of drug-likeness (QED) is 0.854. The zero-order chi connectivity index (χ0) is 14.3. The van der Waals surface area contributed by atoms with Crippen molar-refractivity contribution in [2.45, 2.75) is 24.8 Å². The number of nitrogens with zero attached hydrogens (tertiary/aromatic N) is 2. The van der Waals surface area contributed by atoms with Crippen molar-refractivity contribution in [2.24, 2.45) is 0 Å². The highest BCUT2D eigenvalue weighted by Crippen LogP contribution is 2.44. The molecule has 20 heavy (non-hydrogen) atoms. The molecule has 1 aliphatic heterocycles. The van der Waals surface area contributed by atoms with Gasteiger partial charge in [0.15, 0.2) is 0 Å². The first-order chi connectivity index (χ1) is 9.47. The van der Waals surface area contributed by atoms with Crippen LogP contribution in [0.15, 0.2) is 24.3 Å². The molecule has 1 saturated heterocycles. The van der Waals surface area contributed by atoms with Crippen molar-refractivity contribution in [1.82, 2.24) is 9.21 Å². The largest absolute Gasteiger partial charge is 0.297 e. The highest BCUT2D eigenvalue weighted by molar-refractivity contribution is 7.88. The molecule has 2 aliphatic rings. The predicted octanol–water partition coefficient (Wildman–Crippen LogP) is 1.81. The van der Waals surface area contributed by atoms with Crippen molar-refractivity contribution in [3.63, 3.8) is 0 Å². The molecule has 1 aromatic carbocycles. The van der Waals surface area contributed by atoms with Crippen molar-refractivity contribution in [1.29, 1.82) is 0 Å². The monoisotopic (exact) mass is 294 g/mol. The molecule has 0 bridgehead atoms. The van der Waals surface area contributed by atoms with E-state index in [1.165, 1.54) is 30.2 Å². The Morgan fingerprint density at radius 2 is 1.75 bits per heavy atom. The lowest BCUT2D eigenvalue weighted by atomic mass is 9.95. The second-order valence-electron chi connectivity index (χ2n) is 6.02. The topological polar surface area (TPSA) is 40.6 Å². The number of hydrogen-bond donors (Lipinski definition) is 0. The molecule has 1 unspecified atom stereocenters. The van der Waals surface area contributed by atoms with Crippen LogP contribution in [0.2, 0.25) is 0 Å². The number of sulfonamides is 1. The summed E-state index contributed by atoms with van der Waals surface area (Å²) in [4.78, 5) is 2.28. The SMILES string of the molecule is CN1CCN(S(C)(=O)=O)CC1c1ccccc1C1CC1. The number of hydrogen-bond acceptors (Lipinski definition) is 3. The predicted molar refractivity (Wildman–Crippen MR) is 80.2 cm³/mol. The molecular weight excluding hydrogens is 272 g/mol. The Bertz CT molecular complexity index is 596. The number of benzene rings is 1. The van der Waals surface area contributed by atoms with Gasteiger partial charge in [0.1, 0.15) is 0 Å². The molecule has 0 spiro atoms. The summed E-state index contributed by atoms with van der Waals surface area (Å²) in [7, 11) is -1.01. The van der Waals surface area contributed by atoms with Gasteiger partial charge in [-0.15, -0.1) is 0 Å². The zero-order valence-corrected chi connectivity index (χ0v) is 12.9. The Balaban J connectivity index is 1.91. The first-order valence-corrected chi connectivity index (χ1v) is 9.06. The minimum Gasteiger partial charge on any atom is -0.297 e. The lowest BCUT2D eigenvalue weighted by molar-refractivity contribution is 0.148. The third-order valence-electron chi connectivity index (χ3n) is 4.45. The Labute approximate surface area is 121 Å². The minimum absolute atomic E-state index is 0.176. The van der Waals surface area contributed by atoms with Crippen LogP contribution >= 0.6 is 0 Å². The van der Waals surface area contributed by atoms with E-state index >= 15 is 0 Å². The zero-order valence-electron chi connectivity index (χ0n) is 12.1. The fourth-order valence-corrected chi connectivity index (χ4v) is 3.89. The van der Waals surface area contributed by atoms with Crippen LogP contribution in [-0.2, 0) is 10.0 Å². The van der Waals surface area contributed by atoms with Gasteiger partial charge in [0.05, 0.1) is 6.26 Å².